The average molecular weight is 856 g/mol. The fourth-order valence-corrected chi connectivity index (χ4v) is 8.16. The van der Waals surface area contributed by atoms with Crippen molar-refractivity contribution in [3.8, 4) is 11.4 Å². The van der Waals surface area contributed by atoms with Crippen LogP contribution in [0.25, 0.3) is 11.4 Å². The van der Waals surface area contributed by atoms with Crippen LogP contribution in [0.5, 0.6) is 0 Å². The van der Waals surface area contributed by atoms with Crippen molar-refractivity contribution in [2.24, 2.45) is 11.5 Å². The van der Waals surface area contributed by atoms with Gasteiger partial charge in [0.15, 0.2) is 0 Å². The molecule has 18 heteroatoms. The molecule has 2 saturated carbocycles. The molecule has 0 bridgehead atoms. The lowest BCUT2D eigenvalue weighted by Gasteiger charge is -2.27. The first kappa shape index (κ1) is 44.9. The lowest BCUT2D eigenvalue weighted by molar-refractivity contribution is 0.0245. The highest BCUT2D eigenvalue weighted by atomic mass is 35.5. The van der Waals surface area contributed by atoms with Crippen molar-refractivity contribution >= 4 is 47.1 Å². The van der Waals surface area contributed by atoms with Crippen LogP contribution in [0.3, 0.4) is 0 Å². The van der Waals surface area contributed by atoms with Gasteiger partial charge in [-0.3, -0.25) is 18.7 Å². The molecule has 2 aliphatic carbocycles. The molecule has 0 saturated heterocycles. The first-order valence-corrected chi connectivity index (χ1v) is 20.4. The second-order valence-corrected chi connectivity index (χ2v) is 16.3. The number of rotatable bonds is 8. The van der Waals surface area contributed by atoms with Gasteiger partial charge in [-0.15, -0.1) is 0 Å². The molecule has 2 aromatic carbocycles. The number of aromatic nitrogens is 4. The van der Waals surface area contributed by atoms with Crippen molar-refractivity contribution in [1.82, 2.24) is 28.9 Å². The van der Waals surface area contributed by atoms with E-state index in [1.807, 2.05) is 0 Å². The van der Waals surface area contributed by atoms with E-state index in [2.05, 4.69) is 10.6 Å². The van der Waals surface area contributed by atoms with Gasteiger partial charge in [0.1, 0.15) is 0 Å². The van der Waals surface area contributed by atoms with Gasteiger partial charge in [-0.05, 0) is 82.9 Å². The van der Waals surface area contributed by atoms with Crippen molar-refractivity contribution in [3.63, 3.8) is 0 Å². The molecule has 0 spiro atoms. The lowest BCUT2D eigenvalue weighted by Crippen LogP contribution is -2.42. The molecule has 0 radical (unpaired) electrons. The number of imidazole rings is 2. The van der Waals surface area contributed by atoms with E-state index in [9.17, 15) is 39.0 Å². The third-order valence-electron chi connectivity index (χ3n) is 11.2. The Morgan fingerprint density at radius 1 is 0.644 bits per heavy atom. The Hall–Kier alpha value is -5.16. The zero-order valence-electron chi connectivity index (χ0n) is 33.5. The Labute approximate surface area is 351 Å². The number of nitrogens with two attached hydrogens (primary N) is 2. The van der Waals surface area contributed by atoms with Crippen molar-refractivity contribution < 1.29 is 29.4 Å². The Kier molecular flexibility index (Phi) is 14.3. The summed E-state index contributed by atoms with van der Waals surface area (Å²) < 4.78 is 4.26. The highest BCUT2D eigenvalue weighted by Crippen LogP contribution is 2.29. The first-order chi connectivity index (χ1) is 27.9. The molecule has 4 amide bonds. The van der Waals surface area contributed by atoms with Gasteiger partial charge in [0.25, 0.3) is 11.8 Å². The van der Waals surface area contributed by atoms with Crippen molar-refractivity contribution in [1.29, 1.82) is 0 Å². The van der Waals surface area contributed by atoms with Gasteiger partial charge in [-0.2, -0.15) is 0 Å². The van der Waals surface area contributed by atoms with E-state index in [0.29, 0.717) is 54.1 Å². The van der Waals surface area contributed by atoms with Gasteiger partial charge in [0.05, 0.1) is 43.7 Å². The predicted octanol–water partition coefficient (Wildman–Crippen LogP) is 4.99. The predicted molar refractivity (Wildman–Crippen MR) is 224 cm³/mol. The maximum absolute atomic E-state index is 12.8. The molecule has 2 aliphatic rings. The number of amides is 4. The Bertz CT molecular complexity index is 2340. The molecule has 4 aromatic rings. The number of halogens is 2. The molecule has 2 fully saturated rings. The van der Waals surface area contributed by atoms with Crippen molar-refractivity contribution in [2.75, 3.05) is 13.1 Å². The quantitative estimate of drug-likeness (QED) is 0.132. The average Bonchev–Trinajstić information content (AvgIpc) is 3.37. The number of hydrogen-bond donors (Lipinski definition) is 6. The van der Waals surface area contributed by atoms with Crippen molar-refractivity contribution in [2.45, 2.75) is 109 Å². The van der Waals surface area contributed by atoms with Crippen LogP contribution in [0.2, 0.25) is 10.0 Å². The molecule has 16 nitrogen and oxygen atoms in total. The second-order valence-electron chi connectivity index (χ2n) is 15.5. The molecule has 0 unspecified atom stereocenters. The van der Waals surface area contributed by atoms with Crippen LogP contribution in [0.15, 0.2) is 52.2 Å². The third-order valence-corrected chi connectivity index (χ3v) is 11.9. The summed E-state index contributed by atoms with van der Waals surface area (Å²) in [4.78, 5) is 73.7. The van der Waals surface area contributed by atoms with E-state index in [0.717, 1.165) is 60.5 Å². The van der Waals surface area contributed by atoms with Gasteiger partial charge in [0, 0.05) is 36.4 Å². The molecule has 59 heavy (non-hydrogen) atoms. The summed E-state index contributed by atoms with van der Waals surface area (Å²) in [5.41, 5.74) is 9.94. The van der Waals surface area contributed by atoms with E-state index >= 15 is 0 Å². The zero-order valence-corrected chi connectivity index (χ0v) is 35.0. The maximum Gasteiger partial charge on any atom is 0.341 e. The van der Waals surface area contributed by atoms with E-state index in [4.69, 9.17) is 34.7 Å². The van der Waals surface area contributed by atoms with Gasteiger partial charge >= 0.3 is 23.4 Å². The molecular formula is C41H52Cl2N8O8. The van der Waals surface area contributed by atoms with E-state index < -0.39 is 46.5 Å². The SMILES string of the molecule is Cc1c(C)n(-c2ccc(Cl)c(C(=O)NCC3(O)CCCCCC3)c2)c(=O)n1C(N)=O.Cc1cn(-c2ccc(Cl)c(C(=O)NCC3(O)CCCCCC3)c2)c(=O)n1C(N)=O. The summed E-state index contributed by atoms with van der Waals surface area (Å²) >= 11 is 12.4. The summed E-state index contributed by atoms with van der Waals surface area (Å²) in [7, 11) is 0. The Morgan fingerprint density at radius 3 is 1.47 bits per heavy atom. The van der Waals surface area contributed by atoms with Crippen LogP contribution in [0.4, 0.5) is 9.59 Å². The van der Waals surface area contributed by atoms with E-state index in [-0.39, 0.29) is 34.3 Å². The minimum absolute atomic E-state index is 0.141. The zero-order chi connectivity index (χ0) is 43.2. The molecule has 6 rings (SSSR count). The monoisotopic (exact) mass is 854 g/mol. The van der Waals surface area contributed by atoms with Gasteiger partial charge in [-0.25, -0.2) is 28.3 Å². The van der Waals surface area contributed by atoms with Gasteiger partial charge < -0.3 is 32.3 Å². The number of carbonyl (C=O) groups is 4. The fourth-order valence-electron chi connectivity index (χ4n) is 7.76. The number of aliphatic hydroxyl groups is 2. The van der Waals surface area contributed by atoms with Crippen LogP contribution in [-0.2, 0) is 0 Å². The summed E-state index contributed by atoms with van der Waals surface area (Å²) in [6.07, 6.45) is 12.1. The molecule has 318 valence electrons. The Morgan fingerprint density at radius 2 is 1.07 bits per heavy atom. The molecule has 2 heterocycles. The van der Waals surface area contributed by atoms with E-state index in [1.165, 1.54) is 39.6 Å². The summed E-state index contributed by atoms with van der Waals surface area (Å²) in [5.74, 6) is -0.870. The number of hydrogen-bond acceptors (Lipinski definition) is 8. The molecule has 0 aliphatic heterocycles. The summed E-state index contributed by atoms with van der Waals surface area (Å²) in [6, 6.07) is 7.42. The molecule has 2 aromatic heterocycles. The topological polar surface area (TPSA) is 239 Å². The van der Waals surface area contributed by atoms with Crippen LogP contribution in [0.1, 0.15) is 115 Å². The minimum Gasteiger partial charge on any atom is -0.388 e. The number of carbonyl (C=O) groups excluding carboxylic acids is 4. The molecule has 8 N–H and O–H groups in total. The molecule has 0 atom stereocenters. The Balaban J connectivity index is 0.000000224. The molecular weight excluding hydrogens is 803 g/mol. The lowest BCUT2D eigenvalue weighted by atomic mass is 9.94. The minimum atomic E-state index is -0.917. The van der Waals surface area contributed by atoms with Gasteiger partial charge in [-0.1, -0.05) is 74.6 Å². The first-order valence-electron chi connectivity index (χ1n) is 19.7. The number of benzene rings is 2. The number of nitrogens with zero attached hydrogens (tertiary/aromatic N) is 4. The maximum atomic E-state index is 12.8. The normalized spacial score (nSPS) is 16.2. The fraction of sp³-hybridized carbons (Fsp3) is 0.463. The third kappa shape index (κ3) is 10.4. The number of aryl methyl sites for hydroxylation is 1. The highest BCUT2D eigenvalue weighted by Gasteiger charge is 2.30. The summed E-state index contributed by atoms with van der Waals surface area (Å²) in [5, 5.41) is 27.5. The summed E-state index contributed by atoms with van der Waals surface area (Å²) in [6.45, 7) is 5.17. The van der Waals surface area contributed by atoms with Crippen LogP contribution < -0.4 is 33.5 Å². The number of nitrogens with one attached hydrogen (secondary N) is 2. The van der Waals surface area contributed by atoms with Gasteiger partial charge in [0.2, 0.25) is 0 Å². The van der Waals surface area contributed by atoms with Crippen LogP contribution in [-0.4, -0.2) is 76.6 Å². The standard InChI is InChI=1S/C21H27ClN4O4.C20H25ClN4O4/c1-13-14(2)26(19(23)28)20(29)25(13)15-7-8-17(22)16(11-15)18(27)24-12-21(30)9-5-3-4-6-10-21;1-13-11-24(19(28)25(13)18(22)27)14-6-7-16(21)15(10-14)17(26)23-12-20(29)8-4-2-3-5-9-20/h7-8,11,30H,3-6,9-10,12H2,1-2H3,(H2,23,28)(H,24,27);6-7,10-11,29H,2-5,8-9,12H2,1H3,(H2,22,27)(H,23,26). The second kappa shape index (κ2) is 18.8. The number of primary amides is 2. The highest BCUT2D eigenvalue weighted by molar-refractivity contribution is 6.34. The van der Waals surface area contributed by atoms with Crippen LogP contribution >= 0.6 is 23.2 Å². The van der Waals surface area contributed by atoms with Crippen molar-refractivity contribution in [3.05, 3.63) is 102 Å². The van der Waals surface area contributed by atoms with E-state index in [1.54, 1.807) is 32.9 Å². The smallest absolute Gasteiger partial charge is 0.341 e. The van der Waals surface area contributed by atoms with Crippen LogP contribution in [0, 0.1) is 20.8 Å². The largest absolute Gasteiger partial charge is 0.388 e.